The number of rotatable bonds is 3. The SMILES string of the molecule is OC(CNP)c1ccc2c(c1)OCCO2. The number of aliphatic hydroxyl groups excluding tert-OH is 1. The first-order valence-electron chi connectivity index (χ1n) is 4.82. The van der Waals surface area contributed by atoms with Crippen LogP contribution in [0.5, 0.6) is 11.5 Å². The van der Waals surface area contributed by atoms with Gasteiger partial charge in [0.1, 0.15) is 13.2 Å². The van der Waals surface area contributed by atoms with E-state index >= 15 is 0 Å². The fourth-order valence-electron chi connectivity index (χ4n) is 1.50. The summed E-state index contributed by atoms with van der Waals surface area (Å²) in [5.41, 5.74) is 0.828. The first-order chi connectivity index (χ1) is 7.31. The number of ether oxygens (including phenoxy) is 2. The molecule has 0 aliphatic carbocycles. The lowest BCUT2D eigenvalue weighted by Crippen LogP contribution is -2.16. The van der Waals surface area contributed by atoms with E-state index in [4.69, 9.17) is 9.47 Å². The smallest absolute Gasteiger partial charge is 0.161 e. The highest BCUT2D eigenvalue weighted by atomic mass is 31.0. The van der Waals surface area contributed by atoms with Crippen LogP contribution in [0.2, 0.25) is 0 Å². The number of benzene rings is 1. The van der Waals surface area contributed by atoms with Gasteiger partial charge in [0.15, 0.2) is 11.5 Å². The van der Waals surface area contributed by atoms with Gasteiger partial charge in [0.25, 0.3) is 0 Å². The molecular formula is C10H14NO3P. The molecule has 0 aromatic heterocycles. The van der Waals surface area contributed by atoms with E-state index in [-0.39, 0.29) is 0 Å². The van der Waals surface area contributed by atoms with Crippen molar-refractivity contribution in [2.24, 2.45) is 0 Å². The summed E-state index contributed by atoms with van der Waals surface area (Å²) in [6.07, 6.45) is -0.529. The average molecular weight is 227 g/mol. The van der Waals surface area contributed by atoms with Crippen LogP contribution in [-0.2, 0) is 0 Å². The fourth-order valence-corrected chi connectivity index (χ4v) is 1.72. The Balaban J connectivity index is 2.20. The van der Waals surface area contributed by atoms with E-state index in [1.54, 1.807) is 0 Å². The fraction of sp³-hybridized carbons (Fsp3) is 0.400. The normalized spacial score (nSPS) is 16.1. The van der Waals surface area contributed by atoms with Gasteiger partial charge in [0, 0.05) is 6.54 Å². The minimum absolute atomic E-state index is 0.490. The van der Waals surface area contributed by atoms with Crippen molar-refractivity contribution in [1.82, 2.24) is 5.09 Å². The van der Waals surface area contributed by atoms with Crippen LogP contribution >= 0.6 is 9.39 Å². The highest BCUT2D eigenvalue weighted by molar-refractivity contribution is 7.13. The van der Waals surface area contributed by atoms with Gasteiger partial charge in [-0.3, -0.25) is 5.09 Å². The van der Waals surface area contributed by atoms with E-state index in [0.29, 0.717) is 25.5 Å². The van der Waals surface area contributed by atoms with Crippen molar-refractivity contribution in [1.29, 1.82) is 0 Å². The van der Waals surface area contributed by atoms with Crippen molar-refractivity contribution >= 4 is 9.39 Å². The first kappa shape index (κ1) is 10.7. The molecule has 0 fully saturated rings. The molecule has 1 aromatic carbocycles. The van der Waals surface area contributed by atoms with Crippen molar-refractivity contribution in [3.63, 3.8) is 0 Å². The lowest BCUT2D eigenvalue weighted by molar-refractivity contribution is 0.166. The molecule has 1 heterocycles. The van der Waals surface area contributed by atoms with E-state index in [1.165, 1.54) is 0 Å². The van der Waals surface area contributed by atoms with Crippen molar-refractivity contribution in [2.45, 2.75) is 6.10 Å². The van der Waals surface area contributed by atoms with Crippen molar-refractivity contribution < 1.29 is 14.6 Å². The average Bonchev–Trinajstić information content (AvgIpc) is 2.29. The second-order valence-corrected chi connectivity index (χ2v) is 3.74. The Morgan fingerprint density at radius 3 is 2.80 bits per heavy atom. The lowest BCUT2D eigenvalue weighted by Gasteiger charge is -2.20. The number of nitrogens with one attached hydrogen (secondary N) is 1. The van der Waals surface area contributed by atoms with Crippen molar-refractivity contribution in [2.75, 3.05) is 19.8 Å². The maximum Gasteiger partial charge on any atom is 0.161 e. The molecule has 0 bridgehead atoms. The molecule has 2 unspecified atom stereocenters. The summed E-state index contributed by atoms with van der Waals surface area (Å²) in [7, 11) is 2.36. The summed E-state index contributed by atoms with van der Waals surface area (Å²) in [6.45, 7) is 1.64. The molecular weight excluding hydrogens is 213 g/mol. The molecule has 2 N–H and O–H groups in total. The Morgan fingerprint density at radius 1 is 1.33 bits per heavy atom. The van der Waals surface area contributed by atoms with Crippen LogP contribution in [-0.4, -0.2) is 24.9 Å². The monoisotopic (exact) mass is 227 g/mol. The summed E-state index contributed by atoms with van der Waals surface area (Å²) >= 11 is 0. The van der Waals surface area contributed by atoms with Gasteiger partial charge in [-0.25, -0.2) is 0 Å². The molecule has 1 aromatic rings. The summed E-state index contributed by atoms with van der Waals surface area (Å²) in [5, 5.41) is 12.6. The Morgan fingerprint density at radius 2 is 2.07 bits per heavy atom. The lowest BCUT2D eigenvalue weighted by atomic mass is 10.1. The minimum Gasteiger partial charge on any atom is -0.486 e. The zero-order valence-electron chi connectivity index (χ0n) is 8.27. The number of aliphatic hydroxyl groups is 1. The second kappa shape index (κ2) is 4.79. The maximum absolute atomic E-state index is 9.75. The Kier molecular flexibility index (Phi) is 3.41. The molecule has 0 saturated carbocycles. The Hall–Kier alpha value is -0.830. The van der Waals surface area contributed by atoms with Crippen LogP contribution < -0.4 is 14.6 Å². The van der Waals surface area contributed by atoms with Crippen LogP contribution in [0.3, 0.4) is 0 Å². The standard InChI is InChI=1S/C10H14NO3P/c12-8(6-11-15)7-1-2-9-10(5-7)14-4-3-13-9/h1-2,5,8,11-12H,3-4,6,15H2. The summed E-state index contributed by atoms with van der Waals surface area (Å²) in [4.78, 5) is 0. The van der Waals surface area contributed by atoms with Gasteiger partial charge in [-0.2, -0.15) is 0 Å². The van der Waals surface area contributed by atoms with Gasteiger partial charge < -0.3 is 14.6 Å². The molecule has 15 heavy (non-hydrogen) atoms. The summed E-state index contributed by atoms with van der Waals surface area (Å²) in [5.74, 6) is 1.46. The third kappa shape index (κ3) is 2.40. The molecule has 2 rings (SSSR count). The van der Waals surface area contributed by atoms with Crippen LogP contribution in [0.25, 0.3) is 0 Å². The van der Waals surface area contributed by atoms with E-state index in [0.717, 1.165) is 11.3 Å². The third-order valence-electron chi connectivity index (χ3n) is 2.26. The van der Waals surface area contributed by atoms with Gasteiger partial charge >= 0.3 is 0 Å². The Bertz CT molecular complexity index is 345. The molecule has 0 spiro atoms. The van der Waals surface area contributed by atoms with Crippen LogP contribution in [0, 0.1) is 0 Å². The van der Waals surface area contributed by atoms with Crippen molar-refractivity contribution in [3.8, 4) is 11.5 Å². The van der Waals surface area contributed by atoms with E-state index in [9.17, 15) is 5.11 Å². The molecule has 1 aliphatic rings. The van der Waals surface area contributed by atoms with Gasteiger partial charge in [-0.15, -0.1) is 0 Å². The number of hydrogen-bond donors (Lipinski definition) is 2. The highest BCUT2D eigenvalue weighted by Gasteiger charge is 2.14. The molecule has 0 saturated heterocycles. The molecule has 0 amide bonds. The molecule has 1 aliphatic heterocycles. The molecule has 0 radical (unpaired) electrons. The number of hydrogen-bond acceptors (Lipinski definition) is 4. The second-order valence-electron chi connectivity index (χ2n) is 3.33. The molecule has 4 nitrogen and oxygen atoms in total. The van der Waals surface area contributed by atoms with Crippen LogP contribution in [0.4, 0.5) is 0 Å². The zero-order chi connectivity index (χ0) is 10.7. The quantitative estimate of drug-likeness (QED) is 0.752. The largest absolute Gasteiger partial charge is 0.486 e. The first-order valence-corrected chi connectivity index (χ1v) is 5.40. The van der Waals surface area contributed by atoms with E-state index in [1.807, 2.05) is 18.2 Å². The van der Waals surface area contributed by atoms with Crippen LogP contribution in [0.15, 0.2) is 18.2 Å². The predicted octanol–water partition coefficient (Wildman–Crippen LogP) is 0.871. The van der Waals surface area contributed by atoms with Crippen LogP contribution in [0.1, 0.15) is 11.7 Å². The molecule has 2 atom stereocenters. The van der Waals surface area contributed by atoms with E-state index < -0.39 is 6.10 Å². The van der Waals surface area contributed by atoms with E-state index in [2.05, 4.69) is 14.5 Å². The van der Waals surface area contributed by atoms with Gasteiger partial charge in [-0.1, -0.05) is 15.5 Å². The van der Waals surface area contributed by atoms with Gasteiger partial charge in [-0.05, 0) is 17.7 Å². The topological polar surface area (TPSA) is 50.7 Å². The summed E-state index contributed by atoms with van der Waals surface area (Å²) in [6, 6.07) is 5.50. The van der Waals surface area contributed by atoms with Crippen molar-refractivity contribution in [3.05, 3.63) is 23.8 Å². The number of fused-ring (bicyclic) bond motifs is 1. The predicted molar refractivity (Wildman–Crippen MR) is 60.1 cm³/mol. The zero-order valence-corrected chi connectivity index (χ0v) is 9.43. The minimum atomic E-state index is -0.529. The maximum atomic E-state index is 9.75. The van der Waals surface area contributed by atoms with Gasteiger partial charge in [0.2, 0.25) is 0 Å². The highest BCUT2D eigenvalue weighted by Crippen LogP contribution is 2.32. The molecule has 82 valence electrons. The van der Waals surface area contributed by atoms with Gasteiger partial charge in [0.05, 0.1) is 6.10 Å². The third-order valence-corrected chi connectivity index (χ3v) is 2.50. The molecule has 5 heteroatoms. The summed E-state index contributed by atoms with van der Waals surface area (Å²) < 4.78 is 10.8. The Labute approximate surface area is 90.8 Å².